The Bertz CT molecular complexity index is 1200. The van der Waals surface area contributed by atoms with E-state index >= 15 is 0 Å². The highest BCUT2D eigenvalue weighted by atomic mass is 16.5. The summed E-state index contributed by atoms with van der Waals surface area (Å²) >= 11 is 0. The third-order valence-corrected chi connectivity index (χ3v) is 8.74. The van der Waals surface area contributed by atoms with Gasteiger partial charge in [-0.05, 0) is 64.8 Å². The van der Waals surface area contributed by atoms with Crippen molar-refractivity contribution >= 4 is 23.4 Å². The molecule has 1 aromatic carbocycles. The number of rotatable bonds is 9. The number of nitrogens with zero attached hydrogens (tertiary/aromatic N) is 3. The van der Waals surface area contributed by atoms with Crippen molar-refractivity contribution in [3.63, 3.8) is 0 Å². The summed E-state index contributed by atoms with van der Waals surface area (Å²) in [4.78, 5) is 48.1. The van der Waals surface area contributed by atoms with Gasteiger partial charge in [0.2, 0.25) is 17.7 Å². The molecule has 9 heteroatoms. The number of benzene rings is 1. The van der Waals surface area contributed by atoms with Gasteiger partial charge < -0.3 is 29.3 Å². The first-order valence-electron chi connectivity index (χ1n) is 14.9. The van der Waals surface area contributed by atoms with E-state index in [2.05, 4.69) is 0 Å². The first kappa shape index (κ1) is 29.3. The van der Waals surface area contributed by atoms with Gasteiger partial charge in [-0.25, -0.2) is 0 Å². The number of aliphatic hydroxyl groups excluding tert-OH is 1. The van der Waals surface area contributed by atoms with E-state index in [9.17, 15) is 14.4 Å². The van der Waals surface area contributed by atoms with Crippen molar-refractivity contribution in [3.8, 4) is 5.75 Å². The van der Waals surface area contributed by atoms with E-state index in [0.717, 1.165) is 24.3 Å². The summed E-state index contributed by atoms with van der Waals surface area (Å²) in [6.45, 7) is 9.75. The highest BCUT2D eigenvalue weighted by Gasteiger charge is 2.72. The number of anilines is 1. The topological polar surface area (TPSA) is 99.6 Å². The molecular formula is C32H43N3O6. The van der Waals surface area contributed by atoms with Crippen LogP contribution in [0.15, 0.2) is 48.6 Å². The Morgan fingerprint density at radius 1 is 0.976 bits per heavy atom. The molecule has 4 aliphatic heterocycles. The average molecular weight is 566 g/mol. The van der Waals surface area contributed by atoms with Crippen molar-refractivity contribution in [2.24, 2.45) is 11.8 Å². The van der Waals surface area contributed by atoms with Gasteiger partial charge in [0, 0.05) is 37.5 Å². The largest absolute Gasteiger partial charge is 0.494 e. The van der Waals surface area contributed by atoms with Crippen LogP contribution in [-0.4, -0.2) is 88.8 Å². The van der Waals surface area contributed by atoms with E-state index in [-0.39, 0.29) is 24.3 Å². The number of amides is 3. The van der Waals surface area contributed by atoms with Gasteiger partial charge in [-0.3, -0.25) is 14.4 Å². The number of aliphatic hydroxyl groups is 1. The lowest BCUT2D eigenvalue weighted by atomic mass is 9.77. The predicted octanol–water partition coefficient (Wildman–Crippen LogP) is 3.32. The maximum atomic E-state index is 14.3. The highest BCUT2D eigenvalue weighted by molar-refractivity contribution is 6.03. The quantitative estimate of drug-likeness (QED) is 0.364. The SMILES string of the molecule is CCOc1ccc(N2CC=C[C@@H]3O[C@]45C=CCN(C(C)(C)C)C(=O)C4N(CCCCCCO)C(=O)[C@@H]5[C@@H]3C2=O)cc1. The van der Waals surface area contributed by atoms with Gasteiger partial charge in [0.25, 0.3) is 0 Å². The molecule has 1 spiro atoms. The van der Waals surface area contributed by atoms with E-state index in [4.69, 9.17) is 14.6 Å². The molecule has 0 bridgehead atoms. The zero-order valence-electron chi connectivity index (χ0n) is 24.6. The summed E-state index contributed by atoms with van der Waals surface area (Å²) in [6.07, 6.45) is 10.1. The Balaban J connectivity index is 1.51. The number of fused-ring (bicyclic) bond motifs is 2. The third-order valence-electron chi connectivity index (χ3n) is 8.74. The molecule has 0 radical (unpaired) electrons. The molecule has 4 heterocycles. The van der Waals surface area contributed by atoms with E-state index in [1.54, 1.807) is 14.7 Å². The molecule has 1 unspecified atom stereocenters. The second-order valence-electron chi connectivity index (χ2n) is 12.3. The number of unbranched alkanes of at least 4 members (excludes halogenated alkanes) is 3. The molecule has 4 aliphatic rings. The van der Waals surface area contributed by atoms with E-state index in [0.29, 0.717) is 39.1 Å². The maximum absolute atomic E-state index is 14.3. The third kappa shape index (κ3) is 5.18. The van der Waals surface area contributed by atoms with Crippen molar-refractivity contribution < 1.29 is 29.0 Å². The zero-order valence-corrected chi connectivity index (χ0v) is 24.6. The number of likely N-dealkylation sites (tertiary alicyclic amines) is 1. The monoisotopic (exact) mass is 565 g/mol. The van der Waals surface area contributed by atoms with Crippen LogP contribution in [0.3, 0.4) is 0 Å². The first-order valence-corrected chi connectivity index (χ1v) is 14.9. The van der Waals surface area contributed by atoms with Crippen LogP contribution >= 0.6 is 0 Å². The molecule has 0 aliphatic carbocycles. The van der Waals surface area contributed by atoms with Crippen LogP contribution in [0.25, 0.3) is 0 Å². The molecule has 3 amide bonds. The molecule has 222 valence electrons. The zero-order chi connectivity index (χ0) is 29.4. The van der Waals surface area contributed by atoms with E-state index in [1.807, 2.05) is 76.3 Å². The second-order valence-corrected chi connectivity index (χ2v) is 12.3. The molecule has 2 fully saturated rings. The standard InChI is InChI=1S/C32H43N3O6/c1-5-40-23-15-13-22(14-16-23)33-19-10-12-24-25(28(33)37)26-29(38)34(18-8-6-7-9-21-36)27-30(39)35(31(2,3)4)20-11-17-32(26,27)41-24/h10-17,24-27,36H,5-9,18-21H2,1-4H3/t24-,25+,26-,27?,32-/m0/s1. The van der Waals surface area contributed by atoms with Crippen molar-refractivity contribution in [2.45, 2.75) is 76.7 Å². The molecule has 2 saturated heterocycles. The molecule has 9 nitrogen and oxygen atoms in total. The van der Waals surface area contributed by atoms with Crippen LogP contribution < -0.4 is 9.64 Å². The van der Waals surface area contributed by atoms with Crippen LogP contribution in [0.5, 0.6) is 5.75 Å². The van der Waals surface area contributed by atoms with Gasteiger partial charge in [-0.15, -0.1) is 0 Å². The van der Waals surface area contributed by atoms with Crippen LogP contribution in [-0.2, 0) is 19.1 Å². The van der Waals surface area contributed by atoms with Crippen molar-refractivity contribution in [1.29, 1.82) is 0 Å². The van der Waals surface area contributed by atoms with Crippen molar-refractivity contribution in [3.05, 3.63) is 48.6 Å². The van der Waals surface area contributed by atoms with Gasteiger partial charge in [0.15, 0.2) is 0 Å². The Morgan fingerprint density at radius 2 is 1.71 bits per heavy atom. The van der Waals surface area contributed by atoms with Crippen LogP contribution in [0.4, 0.5) is 5.69 Å². The smallest absolute Gasteiger partial charge is 0.249 e. The minimum atomic E-state index is -1.23. The maximum Gasteiger partial charge on any atom is 0.249 e. The molecule has 41 heavy (non-hydrogen) atoms. The van der Waals surface area contributed by atoms with Crippen molar-refractivity contribution in [2.75, 3.05) is 37.7 Å². The van der Waals surface area contributed by atoms with Gasteiger partial charge in [0.05, 0.1) is 24.5 Å². The Labute approximate surface area is 242 Å². The number of ether oxygens (including phenoxy) is 2. The van der Waals surface area contributed by atoms with Gasteiger partial charge >= 0.3 is 0 Å². The van der Waals surface area contributed by atoms with Gasteiger partial charge in [0.1, 0.15) is 17.4 Å². The number of carbonyl (C=O) groups excluding carboxylic acids is 3. The summed E-state index contributed by atoms with van der Waals surface area (Å²) in [5.74, 6) is -1.37. The molecular weight excluding hydrogens is 522 g/mol. The Kier molecular flexibility index (Phi) is 8.30. The molecule has 1 N–H and O–H groups in total. The molecule has 1 aromatic rings. The van der Waals surface area contributed by atoms with E-state index < -0.39 is 35.1 Å². The molecule has 0 saturated carbocycles. The lowest BCUT2D eigenvalue weighted by molar-refractivity contribution is -0.150. The lowest BCUT2D eigenvalue weighted by Gasteiger charge is -2.40. The Hall–Kier alpha value is -3.17. The van der Waals surface area contributed by atoms with Crippen LogP contribution in [0.2, 0.25) is 0 Å². The number of carbonyl (C=O) groups is 3. The minimum absolute atomic E-state index is 0.137. The average Bonchev–Trinajstić information content (AvgIpc) is 3.23. The summed E-state index contributed by atoms with van der Waals surface area (Å²) < 4.78 is 12.3. The number of hydrogen-bond acceptors (Lipinski definition) is 6. The molecule has 5 rings (SSSR count). The lowest BCUT2D eigenvalue weighted by Crippen LogP contribution is -2.58. The van der Waals surface area contributed by atoms with Gasteiger partial charge in [-0.2, -0.15) is 0 Å². The fraction of sp³-hybridized carbons (Fsp3) is 0.594. The normalized spacial score (nSPS) is 29.4. The summed E-state index contributed by atoms with van der Waals surface area (Å²) in [5.41, 5.74) is -0.959. The molecule has 5 atom stereocenters. The fourth-order valence-electron chi connectivity index (χ4n) is 6.85. The predicted molar refractivity (Wildman–Crippen MR) is 155 cm³/mol. The van der Waals surface area contributed by atoms with E-state index in [1.165, 1.54) is 0 Å². The summed E-state index contributed by atoms with van der Waals surface area (Å²) in [7, 11) is 0. The molecule has 0 aromatic heterocycles. The second kappa shape index (κ2) is 11.6. The summed E-state index contributed by atoms with van der Waals surface area (Å²) in [5, 5.41) is 9.17. The Morgan fingerprint density at radius 3 is 2.39 bits per heavy atom. The fourth-order valence-corrected chi connectivity index (χ4v) is 6.85. The first-order chi connectivity index (χ1) is 19.6. The van der Waals surface area contributed by atoms with Crippen molar-refractivity contribution in [1.82, 2.24) is 9.80 Å². The number of hydrogen-bond donors (Lipinski definition) is 1. The van der Waals surface area contributed by atoms with Gasteiger partial charge in [-0.1, -0.05) is 37.1 Å². The van der Waals surface area contributed by atoms with Crippen LogP contribution in [0, 0.1) is 11.8 Å². The minimum Gasteiger partial charge on any atom is -0.494 e. The highest BCUT2D eigenvalue weighted by Crippen LogP contribution is 2.54. The van der Waals surface area contributed by atoms with Crippen LogP contribution in [0.1, 0.15) is 53.4 Å². The summed E-state index contributed by atoms with van der Waals surface area (Å²) in [6, 6.07) is 6.55.